The zero-order valence-corrected chi connectivity index (χ0v) is 20.2. The summed E-state index contributed by atoms with van der Waals surface area (Å²) in [4.78, 5) is 13.3. The topological polar surface area (TPSA) is 101 Å². The number of halogens is 5. The van der Waals surface area contributed by atoms with Gasteiger partial charge in [-0.15, -0.1) is 10.2 Å². The fraction of sp³-hybridized carbons (Fsp3) is 0.333. The monoisotopic (exact) mass is 529 g/mol. The summed E-state index contributed by atoms with van der Waals surface area (Å²) in [5, 5.41) is 17.4. The van der Waals surface area contributed by atoms with Crippen LogP contribution in [0.25, 0.3) is 22.5 Å². The Kier molecular flexibility index (Phi) is 6.09. The molecule has 0 atom stereocenters. The van der Waals surface area contributed by atoms with Gasteiger partial charge in [0.1, 0.15) is 18.1 Å². The molecule has 0 aliphatic carbocycles. The molecule has 5 rings (SSSR count). The molecule has 4 aromatic rings. The largest absolute Gasteiger partial charge is 0.433 e. The molecule has 0 saturated carbocycles. The summed E-state index contributed by atoms with van der Waals surface area (Å²) in [5.41, 5.74) is -3.30. The van der Waals surface area contributed by atoms with E-state index in [4.69, 9.17) is 0 Å². The van der Waals surface area contributed by atoms with Crippen LogP contribution in [0.5, 0.6) is 0 Å². The second-order valence-corrected chi connectivity index (χ2v) is 9.07. The zero-order chi connectivity index (χ0) is 27.2. The molecule has 1 fully saturated rings. The van der Waals surface area contributed by atoms with E-state index in [0.717, 1.165) is 6.20 Å². The minimum Gasteiger partial charge on any atom is -0.368 e. The van der Waals surface area contributed by atoms with Crippen molar-refractivity contribution >= 4 is 5.69 Å². The number of pyridine rings is 2. The summed E-state index contributed by atoms with van der Waals surface area (Å²) in [7, 11) is 3.30. The Labute approximate surface area is 213 Å². The molecular weight excluding hydrogens is 509 g/mol. The van der Waals surface area contributed by atoms with E-state index in [1.807, 2.05) is 6.07 Å². The van der Waals surface area contributed by atoms with Gasteiger partial charge in [0.05, 0.1) is 34.5 Å². The quantitative estimate of drug-likeness (QED) is 0.289. The Bertz CT molecular complexity index is 1540. The molecule has 0 aromatic carbocycles. The molecule has 196 valence electrons. The summed E-state index contributed by atoms with van der Waals surface area (Å²) in [6, 6.07) is 3.78. The second kappa shape index (κ2) is 9.16. The van der Waals surface area contributed by atoms with Gasteiger partial charge in [-0.2, -0.15) is 22.8 Å². The minimum absolute atomic E-state index is 0.0459. The normalized spacial score (nSPS) is 15.5. The first-order valence-corrected chi connectivity index (χ1v) is 11.4. The van der Waals surface area contributed by atoms with Gasteiger partial charge < -0.3 is 14.0 Å². The van der Waals surface area contributed by atoms with Crippen molar-refractivity contribution in [3.63, 3.8) is 0 Å². The van der Waals surface area contributed by atoms with E-state index in [-0.39, 0.29) is 65.5 Å². The lowest BCUT2D eigenvalue weighted by atomic mass is 9.91. The molecule has 0 amide bonds. The van der Waals surface area contributed by atoms with Crippen LogP contribution < -0.4 is 4.90 Å². The van der Waals surface area contributed by atoms with Crippen molar-refractivity contribution in [2.24, 2.45) is 14.1 Å². The fourth-order valence-corrected chi connectivity index (χ4v) is 4.60. The standard InChI is InChI=1S/C24H20F5N9/c1-36-11-17(32-12-36)16-7-15(10-31-21(16)25)19-20(14(9-30)8-18(34-19)24(27,28)29)38-5-3-23(26,4-6-38)22-35-33-13-37(22)2/h7-8,10-13H,3-6H2,1-2H3. The van der Waals surface area contributed by atoms with Crippen LogP contribution in [0.4, 0.5) is 27.6 Å². The van der Waals surface area contributed by atoms with Crippen LogP contribution in [-0.2, 0) is 25.9 Å². The number of anilines is 1. The number of aryl methyl sites for hydroxylation is 2. The second-order valence-electron chi connectivity index (χ2n) is 9.07. The molecule has 0 radical (unpaired) electrons. The SMILES string of the molecule is Cn1cnc(-c2cc(-c3nc(C(F)(F)F)cc(C#N)c3N3CCC(F)(c4nncn4C)CC3)cnc2F)c1. The van der Waals surface area contributed by atoms with Gasteiger partial charge in [0.25, 0.3) is 0 Å². The van der Waals surface area contributed by atoms with Crippen LogP contribution in [0.15, 0.2) is 37.2 Å². The molecule has 4 aromatic heterocycles. The van der Waals surface area contributed by atoms with Crippen LogP contribution in [0.2, 0.25) is 0 Å². The third-order valence-corrected chi connectivity index (χ3v) is 6.48. The molecule has 5 heterocycles. The number of aromatic nitrogens is 7. The molecule has 0 unspecified atom stereocenters. The molecular formula is C24H20F5N9. The molecule has 0 N–H and O–H groups in total. The van der Waals surface area contributed by atoms with Gasteiger partial charge in [-0.1, -0.05) is 0 Å². The van der Waals surface area contributed by atoms with Gasteiger partial charge in [0.2, 0.25) is 5.95 Å². The summed E-state index contributed by atoms with van der Waals surface area (Å²) in [6.45, 7) is 0.111. The van der Waals surface area contributed by atoms with E-state index >= 15 is 4.39 Å². The third-order valence-electron chi connectivity index (χ3n) is 6.48. The van der Waals surface area contributed by atoms with Crippen LogP contribution in [0.3, 0.4) is 0 Å². The first-order valence-electron chi connectivity index (χ1n) is 11.4. The maximum atomic E-state index is 15.8. The molecule has 38 heavy (non-hydrogen) atoms. The van der Waals surface area contributed by atoms with Gasteiger partial charge in [-0.05, 0) is 12.1 Å². The zero-order valence-electron chi connectivity index (χ0n) is 20.2. The predicted octanol–water partition coefficient (Wildman–Crippen LogP) is 4.17. The fourth-order valence-electron chi connectivity index (χ4n) is 4.60. The lowest BCUT2D eigenvalue weighted by Gasteiger charge is -2.38. The molecule has 14 heteroatoms. The van der Waals surface area contributed by atoms with Crippen LogP contribution in [0.1, 0.15) is 29.9 Å². The van der Waals surface area contributed by atoms with Crippen molar-refractivity contribution in [1.29, 1.82) is 5.26 Å². The first-order chi connectivity index (χ1) is 18.0. The first kappa shape index (κ1) is 25.2. The lowest BCUT2D eigenvalue weighted by Crippen LogP contribution is -2.42. The minimum atomic E-state index is -4.85. The van der Waals surface area contributed by atoms with Crippen molar-refractivity contribution in [3.8, 4) is 28.6 Å². The number of nitriles is 1. The van der Waals surface area contributed by atoms with Gasteiger partial charge in [0, 0.05) is 58.0 Å². The highest BCUT2D eigenvalue weighted by Gasteiger charge is 2.42. The Balaban J connectivity index is 1.62. The van der Waals surface area contributed by atoms with E-state index in [2.05, 4.69) is 25.1 Å². The molecule has 0 spiro atoms. The van der Waals surface area contributed by atoms with Crippen molar-refractivity contribution < 1.29 is 22.0 Å². The van der Waals surface area contributed by atoms with Crippen molar-refractivity contribution in [2.45, 2.75) is 24.7 Å². The Morgan fingerprint density at radius 2 is 1.82 bits per heavy atom. The van der Waals surface area contributed by atoms with Gasteiger partial charge in [0.15, 0.2) is 11.5 Å². The lowest BCUT2D eigenvalue weighted by molar-refractivity contribution is -0.141. The summed E-state index contributed by atoms with van der Waals surface area (Å²) in [6.07, 6.45) is 0.461. The van der Waals surface area contributed by atoms with E-state index < -0.39 is 23.5 Å². The Morgan fingerprint density at radius 3 is 2.39 bits per heavy atom. The number of alkyl halides is 4. The number of hydrogen-bond acceptors (Lipinski definition) is 7. The van der Waals surface area contributed by atoms with E-state index in [1.54, 1.807) is 23.6 Å². The smallest absolute Gasteiger partial charge is 0.368 e. The highest BCUT2D eigenvalue weighted by molar-refractivity contribution is 5.82. The number of hydrogen-bond donors (Lipinski definition) is 0. The molecule has 1 aliphatic heterocycles. The highest BCUT2D eigenvalue weighted by Crippen LogP contribution is 2.42. The maximum absolute atomic E-state index is 15.8. The van der Waals surface area contributed by atoms with Gasteiger partial charge in [-0.25, -0.2) is 19.3 Å². The summed E-state index contributed by atoms with van der Waals surface area (Å²) >= 11 is 0. The van der Waals surface area contributed by atoms with Crippen molar-refractivity contribution in [3.05, 3.63) is 60.2 Å². The summed E-state index contributed by atoms with van der Waals surface area (Å²) < 4.78 is 74.7. The number of piperidine rings is 1. The van der Waals surface area contributed by atoms with Crippen LogP contribution in [-0.4, -0.2) is 47.4 Å². The van der Waals surface area contributed by atoms with Gasteiger partial charge >= 0.3 is 6.18 Å². The van der Waals surface area contributed by atoms with Crippen LogP contribution in [0, 0.1) is 17.3 Å². The van der Waals surface area contributed by atoms with Crippen LogP contribution >= 0.6 is 0 Å². The average Bonchev–Trinajstić information content (AvgIpc) is 3.52. The molecule has 1 saturated heterocycles. The molecule has 9 nitrogen and oxygen atoms in total. The van der Waals surface area contributed by atoms with E-state index in [1.165, 1.54) is 29.5 Å². The average molecular weight is 529 g/mol. The van der Waals surface area contributed by atoms with E-state index in [9.17, 15) is 22.8 Å². The number of imidazole rings is 1. The Hall–Kier alpha value is -4.41. The maximum Gasteiger partial charge on any atom is 0.433 e. The summed E-state index contributed by atoms with van der Waals surface area (Å²) in [5.74, 6) is -0.725. The van der Waals surface area contributed by atoms with E-state index in [0.29, 0.717) is 6.07 Å². The third kappa shape index (κ3) is 4.44. The van der Waals surface area contributed by atoms with Gasteiger partial charge in [-0.3, -0.25) is 0 Å². The number of nitrogens with zero attached hydrogens (tertiary/aromatic N) is 9. The highest BCUT2D eigenvalue weighted by atomic mass is 19.4. The van der Waals surface area contributed by atoms with Crippen molar-refractivity contribution in [1.82, 2.24) is 34.3 Å². The Morgan fingerprint density at radius 1 is 1.08 bits per heavy atom. The molecule has 0 bridgehead atoms. The molecule has 1 aliphatic rings. The predicted molar refractivity (Wildman–Crippen MR) is 125 cm³/mol. The number of rotatable bonds is 4. The van der Waals surface area contributed by atoms with Crippen molar-refractivity contribution in [2.75, 3.05) is 18.0 Å².